The summed E-state index contributed by atoms with van der Waals surface area (Å²) in [7, 11) is 0. The maximum atomic E-state index is 3.56. The zero-order valence-corrected chi connectivity index (χ0v) is 7.20. The minimum atomic E-state index is 0.355. The van der Waals surface area contributed by atoms with E-state index in [4.69, 9.17) is 0 Å². The van der Waals surface area contributed by atoms with E-state index in [-0.39, 0.29) is 0 Å². The summed E-state index contributed by atoms with van der Waals surface area (Å²) in [6.45, 7) is 8.96. The van der Waals surface area contributed by atoms with Crippen molar-refractivity contribution in [2.24, 2.45) is 0 Å². The molecule has 0 aromatic carbocycles. The summed E-state index contributed by atoms with van der Waals surface area (Å²) < 4.78 is 0. The average molecular weight is 142 g/mol. The van der Waals surface area contributed by atoms with Crippen molar-refractivity contribution in [3.05, 3.63) is 0 Å². The molecule has 1 saturated heterocycles. The summed E-state index contributed by atoms with van der Waals surface area (Å²) in [5.74, 6) is 0. The van der Waals surface area contributed by atoms with Gasteiger partial charge in [-0.15, -0.1) is 0 Å². The fraction of sp³-hybridized carbons (Fsp3) is 1.00. The molecule has 1 fully saturated rings. The first-order chi connectivity index (χ1) is 4.62. The molecule has 1 atom stereocenters. The molecule has 1 heterocycles. The maximum Gasteiger partial charge on any atom is 0.0292 e. The van der Waals surface area contributed by atoms with Crippen LogP contribution < -0.4 is 10.6 Å². The van der Waals surface area contributed by atoms with Gasteiger partial charge in [-0.2, -0.15) is 0 Å². The third kappa shape index (κ3) is 1.96. The standard InChI is InChI=1S/C8H18N2/c1-7(2)10-8(3)4-5-9-6-8/h7,9-10H,4-6H2,1-3H3. The third-order valence-corrected chi connectivity index (χ3v) is 2.01. The fourth-order valence-corrected chi connectivity index (χ4v) is 1.64. The van der Waals surface area contributed by atoms with Gasteiger partial charge in [-0.05, 0) is 19.9 Å². The van der Waals surface area contributed by atoms with Gasteiger partial charge in [0.2, 0.25) is 0 Å². The molecule has 1 aliphatic heterocycles. The minimum Gasteiger partial charge on any atom is -0.315 e. The molecule has 0 amide bonds. The van der Waals surface area contributed by atoms with Crippen molar-refractivity contribution in [3.8, 4) is 0 Å². The molecule has 60 valence electrons. The molecular formula is C8H18N2. The predicted molar refractivity (Wildman–Crippen MR) is 44.2 cm³/mol. The smallest absolute Gasteiger partial charge is 0.0292 e. The zero-order chi connectivity index (χ0) is 7.61. The Morgan fingerprint density at radius 1 is 1.50 bits per heavy atom. The van der Waals surface area contributed by atoms with Crippen LogP contribution in [0.15, 0.2) is 0 Å². The lowest BCUT2D eigenvalue weighted by Gasteiger charge is -2.27. The quantitative estimate of drug-likeness (QED) is 0.594. The molecule has 0 saturated carbocycles. The Morgan fingerprint density at radius 3 is 2.60 bits per heavy atom. The Kier molecular flexibility index (Phi) is 2.32. The van der Waals surface area contributed by atoms with E-state index in [1.807, 2.05) is 0 Å². The van der Waals surface area contributed by atoms with Crippen LogP contribution in [0, 0.1) is 0 Å². The van der Waals surface area contributed by atoms with Crippen molar-refractivity contribution in [2.45, 2.75) is 38.8 Å². The van der Waals surface area contributed by atoms with Crippen molar-refractivity contribution < 1.29 is 0 Å². The van der Waals surface area contributed by atoms with E-state index in [9.17, 15) is 0 Å². The third-order valence-electron chi connectivity index (χ3n) is 2.01. The second-order valence-electron chi connectivity index (χ2n) is 3.79. The van der Waals surface area contributed by atoms with Crippen LogP contribution in [0.4, 0.5) is 0 Å². The lowest BCUT2D eigenvalue weighted by molar-refractivity contribution is 0.354. The Balaban J connectivity index is 2.36. The van der Waals surface area contributed by atoms with Gasteiger partial charge < -0.3 is 10.6 Å². The molecule has 0 spiro atoms. The SMILES string of the molecule is CC(C)NC1(C)CCNC1. The van der Waals surface area contributed by atoms with Crippen molar-refractivity contribution in [3.63, 3.8) is 0 Å². The van der Waals surface area contributed by atoms with Crippen LogP contribution >= 0.6 is 0 Å². The van der Waals surface area contributed by atoms with Crippen molar-refractivity contribution >= 4 is 0 Å². The topological polar surface area (TPSA) is 24.1 Å². The maximum absolute atomic E-state index is 3.56. The molecule has 2 heteroatoms. The van der Waals surface area contributed by atoms with Crippen molar-refractivity contribution in [2.75, 3.05) is 13.1 Å². The molecule has 0 bridgehead atoms. The number of rotatable bonds is 2. The molecule has 0 aliphatic carbocycles. The van der Waals surface area contributed by atoms with E-state index < -0.39 is 0 Å². The number of nitrogens with one attached hydrogen (secondary N) is 2. The minimum absolute atomic E-state index is 0.355. The normalized spacial score (nSPS) is 33.6. The van der Waals surface area contributed by atoms with Crippen LogP contribution in [0.3, 0.4) is 0 Å². The summed E-state index contributed by atoms with van der Waals surface area (Å²) in [5, 5.41) is 6.91. The zero-order valence-electron chi connectivity index (χ0n) is 7.20. The lowest BCUT2D eigenvalue weighted by Crippen LogP contribution is -2.47. The van der Waals surface area contributed by atoms with Gasteiger partial charge in [0.1, 0.15) is 0 Å². The Morgan fingerprint density at radius 2 is 2.20 bits per heavy atom. The van der Waals surface area contributed by atoms with Gasteiger partial charge in [0.15, 0.2) is 0 Å². The first-order valence-electron chi connectivity index (χ1n) is 4.11. The van der Waals surface area contributed by atoms with Gasteiger partial charge in [0, 0.05) is 18.1 Å². The highest BCUT2D eigenvalue weighted by Crippen LogP contribution is 2.13. The number of hydrogen-bond acceptors (Lipinski definition) is 2. The molecule has 1 unspecified atom stereocenters. The molecular weight excluding hydrogens is 124 g/mol. The van der Waals surface area contributed by atoms with Gasteiger partial charge in [0.25, 0.3) is 0 Å². The van der Waals surface area contributed by atoms with Crippen LogP contribution in [0.25, 0.3) is 0 Å². The summed E-state index contributed by atoms with van der Waals surface area (Å²) >= 11 is 0. The van der Waals surface area contributed by atoms with Gasteiger partial charge in [-0.1, -0.05) is 13.8 Å². The van der Waals surface area contributed by atoms with Gasteiger partial charge in [-0.25, -0.2) is 0 Å². The fourth-order valence-electron chi connectivity index (χ4n) is 1.64. The molecule has 2 nitrogen and oxygen atoms in total. The predicted octanol–water partition coefficient (Wildman–Crippen LogP) is 0.736. The molecule has 2 N–H and O–H groups in total. The van der Waals surface area contributed by atoms with Crippen LogP contribution in [0.1, 0.15) is 27.2 Å². The van der Waals surface area contributed by atoms with E-state index in [1.54, 1.807) is 0 Å². The van der Waals surface area contributed by atoms with E-state index >= 15 is 0 Å². The lowest BCUT2D eigenvalue weighted by atomic mass is 10.0. The highest BCUT2D eigenvalue weighted by Gasteiger charge is 2.27. The first-order valence-corrected chi connectivity index (χ1v) is 4.11. The van der Waals surface area contributed by atoms with Gasteiger partial charge in [-0.3, -0.25) is 0 Å². The van der Waals surface area contributed by atoms with E-state index in [0.29, 0.717) is 11.6 Å². The Bertz CT molecular complexity index is 104. The Labute approximate surface area is 63.4 Å². The van der Waals surface area contributed by atoms with Crippen molar-refractivity contribution in [1.82, 2.24) is 10.6 Å². The van der Waals surface area contributed by atoms with Crippen molar-refractivity contribution in [1.29, 1.82) is 0 Å². The van der Waals surface area contributed by atoms with Crippen LogP contribution in [0.5, 0.6) is 0 Å². The van der Waals surface area contributed by atoms with Gasteiger partial charge >= 0.3 is 0 Å². The number of hydrogen-bond donors (Lipinski definition) is 2. The van der Waals surface area contributed by atoms with Crippen LogP contribution in [-0.4, -0.2) is 24.7 Å². The first kappa shape index (κ1) is 8.02. The van der Waals surface area contributed by atoms with E-state index in [1.165, 1.54) is 6.42 Å². The van der Waals surface area contributed by atoms with E-state index in [2.05, 4.69) is 31.4 Å². The molecule has 0 aromatic heterocycles. The second kappa shape index (κ2) is 2.89. The highest BCUT2D eigenvalue weighted by atomic mass is 15.1. The Hall–Kier alpha value is -0.0800. The summed E-state index contributed by atoms with van der Waals surface area (Å²) in [6.07, 6.45) is 1.26. The molecule has 1 rings (SSSR count). The van der Waals surface area contributed by atoms with E-state index in [0.717, 1.165) is 13.1 Å². The second-order valence-corrected chi connectivity index (χ2v) is 3.79. The summed E-state index contributed by atoms with van der Waals surface area (Å²) in [4.78, 5) is 0. The molecule has 0 aromatic rings. The average Bonchev–Trinajstić information content (AvgIpc) is 2.12. The monoisotopic (exact) mass is 142 g/mol. The highest BCUT2D eigenvalue weighted by molar-refractivity contribution is 4.92. The molecule has 1 aliphatic rings. The largest absolute Gasteiger partial charge is 0.315 e. The summed E-state index contributed by atoms with van der Waals surface area (Å²) in [6, 6.07) is 0.602. The molecule has 10 heavy (non-hydrogen) atoms. The summed E-state index contributed by atoms with van der Waals surface area (Å²) in [5.41, 5.74) is 0.355. The van der Waals surface area contributed by atoms with Crippen LogP contribution in [0.2, 0.25) is 0 Å². The molecule has 0 radical (unpaired) electrons. The van der Waals surface area contributed by atoms with Gasteiger partial charge in [0.05, 0.1) is 0 Å². The van der Waals surface area contributed by atoms with Crippen LogP contribution in [-0.2, 0) is 0 Å².